The first-order valence-electron chi connectivity index (χ1n) is 6.69. The van der Waals surface area contributed by atoms with Crippen molar-refractivity contribution >= 4 is 11.6 Å². The van der Waals surface area contributed by atoms with Gasteiger partial charge in [-0.15, -0.1) is 0 Å². The molecule has 0 saturated carbocycles. The summed E-state index contributed by atoms with van der Waals surface area (Å²) in [5.74, 6) is 0.0761. The number of benzene rings is 1. The number of hydrogen-bond donors (Lipinski definition) is 1. The molecule has 2 unspecified atom stereocenters. The monoisotopic (exact) mass is 246 g/mol. The van der Waals surface area contributed by atoms with Crippen molar-refractivity contribution in [3.05, 3.63) is 29.3 Å². The van der Waals surface area contributed by atoms with Gasteiger partial charge in [0.1, 0.15) is 0 Å². The van der Waals surface area contributed by atoms with Crippen molar-refractivity contribution < 1.29 is 4.79 Å². The molecule has 0 aromatic heterocycles. The first kappa shape index (κ1) is 12.9. The van der Waals surface area contributed by atoms with E-state index in [-0.39, 0.29) is 5.91 Å². The minimum Gasteiger partial charge on any atom is -0.398 e. The van der Waals surface area contributed by atoms with E-state index < -0.39 is 0 Å². The predicted molar refractivity (Wildman–Crippen MR) is 74.5 cm³/mol. The zero-order valence-electron chi connectivity index (χ0n) is 11.4. The maximum absolute atomic E-state index is 12.6. The van der Waals surface area contributed by atoms with Crippen LogP contribution in [0.2, 0.25) is 0 Å². The van der Waals surface area contributed by atoms with E-state index in [1.54, 1.807) is 0 Å². The van der Waals surface area contributed by atoms with Crippen molar-refractivity contribution in [3.63, 3.8) is 0 Å². The molecule has 0 radical (unpaired) electrons. The van der Waals surface area contributed by atoms with Gasteiger partial charge in [-0.3, -0.25) is 4.79 Å². The molecule has 3 heteroatoms. The molecular weight excluding hydrogens is 224 g/mol. The van der Waals surface area contributed by atoms with Gasteiger partial charge in [-0.25, -0.2) is 0 Å². The number of likely N-dealkylation sites (tertiary alicyclic amines) is 1. The van der Waals surface area contributed by atoms with Crippen LogP contribution in [-0.2, 0) is 0 Å². The van der Waals surface area contributed by atoms with E-state index in [2.05, 4.69) is 13.8 Å². The Morgan fingerprint density at radius 2 is 1.89 bits per heavy atom. The van der Waals surface area contributed by atoms with E-state index in [1.807, 2.05) is 30.0 Å². The number of carbonyl (C=O) groups is 1. The van der Waals surface area contributed by atoms with Gasteiger partial charge in [0.05, 0.1) is 5.56 Å². The normalized spacial score (nSPS) is 24.1. The van der Waals surface area contributed by atoms with Crippen LogP contribution in [0.3, 0.4) is 0 Å². The van der Waals surface area contributed by atoms with Crippen LogP contribution in [0.1, 0.15) is 49.0 Å². The Bertz CT molecular complexity index is 446. The molecule has 1 fully saturated rings. The molecule has 98 valence electrons. The van der Waals surface area contributed by atoms with Crippen LogP contribution in [0.15, 0.2) is 18.2 Å². The van der Waals surface area contributed by atoms with Crippen molar-refractivity contribution in [2.24, 2.45) is 0 Å². The maximum Gasteiger partial charge on any atom is 0.256 e. The lowest BCUT2D eigenvalue weighted by Gasteiger charge is -2.39. The summed E-state index contributed by atoms with van der Waals surface area (Å²) in [6.45, 7) is 6.23. The third-order valence-electron chi connectivity index (χ3n) is 3.87. The topological polar surface area (TPSA) is 46.3 Å². The highest BCUT2D eigenvalue weighted by Gasteiger charge is 2.30. The summed E-state index contributed by atoms with van der Waals surface area (Å²) in [5, 5.41) is 0. The van der Waals surface area contributed by atoms with Crippen molar-refractivity contribution in [3.8, 4) is 0 Å². The third kappa shape index (κ3) is 2.35. The summed E-state index contributed by atoms with van der Waals surface area (Å²) < 4.78 is 0. The van der Waals surface area contributed by atoms with Gasteiger partial charge in [-0.2, -0.15) is 0 Å². The molecule has 2 atom stereocenters. The Balaban J connectivity index is 2.29. The molecule has 0 spiro atoms. The SMILES string of the molecule is Cc1ccc(C(=O)N2C(C)CCCC2C)c(N)c1. The van der Waals surface area contributed by atoms with Crippen molar-refractivity contribution in [2.45, 2.75) is 52.1 Å². The zero-order valence-corrected chi connectivity index (χ0v) is 11.4. The van der Waals surface area contributed by atoms with Crippen LogP contribution in [0.5, 0.6) is 0 Å². The molecule has 18 heavy (non-hydrogen) atoms. The molecule has 1 aliphatic heterocycles. The lowest BCUT2D eigenvalue weighted by atomic mass is 9.96. The Kier molecular flexibility index (Phi) is 3.60. The van der Waals surface area contributed by atoms with Gasteiger partial charge in [0.25, 0.3) is 5.91 Å². The van der Waals surface area contributed by atoms with Crippen molar-refractivity contribution in [1.82, 2.24) is 4.90 Å². The molecule has 1 aliphatic rings. The average Bonchev–Trinajstić information content (AvgIpc) is 2.28. The second-order valence-corrected chi connectivity index (χ2v) is 5.43. The fourth-order valence-electron chi connectivity index (χ4n) is 2.84. The molecule has 0 aliphatic carbocycles. The van der Waals surface area contributed by atoms with Gasteiger partial charge in [0, 0.05) is 17.8 Å². The number of nitrogens with zero attached hydrogens (tertiary/aromatic N) is 1. The first-order chi connectivity index (χ1) is 8.50. The van der Waals surface area contributed by atoms with Gasteiger partial charge >= 0.3 is 0 Å². The molecule has 3 nitrogen and oxygen atoms in total. The Morgan fingerprint density at radius 3 is 2.44 bits per heavy atom. The molecule has 1 amide bonds. The summed E-state index contributed by atoms with van der Waals surface area (Å²) in [4.78, 5) is 14.6. The molecule has 2 rings (SSSR count). The lowest BCUT2D eigenvalue weighted by Crippen LogP contribution is -2.47. The lowest BCUT2D eigenvalue weighted by molar-refractivity contribution is 0.0512. The Morgan fingerprint density at radius 1 is 1.28 bits per heavy atom. The largest absolute Gasteiger partial charge is 0.398 e. The number of hydrogen-bond acceptors (Lipinski definition) is 2. The molecular formula is C15H22N2O. The van der Waals surface area contributed by atoms with Gasteiger partial charge in [0.15, 0.2) is 0 Å². The van der Waals surface area contributed by atoms with Gasteiger partial charge in [-0.05, 0) is 57.7 Å². The van der Waals surface area contributed by atoms with E-state index in [1.165, 1.54) is 6.42 Å². The maximum atomic E-state index is 12.6. The van der Waals surface area contributed by atoms with Gasteiger partial charge in [-0.1, -0.05) is 6.07 Å². The number of carbonyl (C=O) groups excluding carboxylic acids is 1. The summed E-state index contributed by atoms with van der Waals surface area (Å²) in [6, 6.07) is 6.28. The number of aryl methyl sites for hydroxylation is 1. The Hall–Kier alpha value is -1.51. The van der Waals surface area contributed by atoms with E-state index in [0.717, 1.165) is 18.4 Å². The van der Waals surface area contributed by atoms with Crippen LogP contribution in [0.25, 0.3) is 0 Å². The van der Waals surface area contributed by atoms with Crippen molar-refractivity contribution in [1.29, 1.82) is 0 Å². The fourth-order valence-corrected chi connectivity index (χ4v) is 2.84. The standard InChI is InChI=1S/C15H22N2O/c1-10-7-8-13(14(16)9-10)15(18)17-11(2)5-4-6-12(17)3/h7-9,11-12H,4-6,16H2,1-3H3. The minimum absolute atomic E-state index is 0.0761. The molecule has 1 saturated heterocycles. The zero-order chi connectivity index (χ0) is 13.3. The molecule has 1 aromatic carbocycles. The van der Waals surface area contributed by atoms with Crippen molar-refractivity contribution in [2.75, 3.05) is 5.73 Å². The summed E-state index contributed by atoms with van der Waals surface area (Å²) in [5.41, 5.74) is 8.29. The van der Waals surface area contributed by atoms with Crippen LogP contribution in [-0.4, -0.2) is 22.9 Å². The number of nitrogen functional groups attached to an aromatic ring is 1. The van der Waals surface area contributed by atoms with E-state index >= 15 is 0 Å². The average molecular weight is 246 g/mol. The number of piperidine rings is 1. The number of anilines is 1. The number of amides is 1. The van der Waals surface area contributed by atoms with Crippen LogP contribution < -0.4 is 5.73 Å². The molecule has 1 heterocycles. The quantitative estimate of drug-likeness (QED) is 0.774. The predicted octanol–water partition coefficient (Wildman–Crippen LogP) is 2.98. The summed E-state index contributed by atoms with van der Waals surface area (Å²) >= 11 is 0. The smallest absolute Gasteiger partial charge is 0.256 e. The molecule has 0 bridgehead atoms. The van der Waals surface area contributed by atoms with E-state index in [4.69, 9.17) is 5.73 Å². The van der Waals surface area contributed by atoms with Gasteiger partial charge in [0.2, 0.25) is 0 Å². The highest BCUT2D eigenvalue weighted by atomic mass is 16.2. The third-order valence-corrected chi connectivity index (χ3v) is 3.87. The van der Waals surface area contributed by atoms with Crippen LogP contribution in [0.4, 0.5) is 5.69 Å². The highest BCUT2D eigenvalue weighted by molar-refractivity contribution is 5.99. The van der Waals surface area contributed by atoms with Crippen LogP contribution >= 0.6 is 0 Å². The highest BCUT2D eigenvalue weighted by Crippen LogP contribution is 2.26. The minimum atomic E-state index is 0.0761. The second kappa shape index (κ2) is 5.01. The number of rotatable bonds is 1. The van der Waals surface area contributed by atoms with E-state index in [0.29, 0.717) is 23.3 Å². The Labute approximate surface area is 109 Å². The van der Waals surface area contributed by atoms with Gasteiger partial charge < -0.3 is 10.6 Å². The van der Waals surface area contributed by atoms with E-state index in [9.17, 15) is 4.79 Å². The van der Waals surface area contributed by atoms with Crippen LogP contribution in [0, 0.1) is 6.92 Å². The number of nitrogens with two attached hydrogens (primary N) is 1. The summed E-state index contributed by atoms with van der Waals surface area (Å²) in [7, 11) is 0. The molecule has 2 N–H and O–H groups in total. The molecule has 1 aromatic rings. The second-order valence-electron chi connectivity index (χ2n) is 5.43. The first-order valence-corrected chi connectivity index (χ1v) is 6.69. The fraction of sp³-hybridized carbons (Fsp3) is 0.533. The summed E-state index contributed by atoms with van der Waals surface area (Å²) in [6.07, 6.45) is 3.37.